The molecule has 0 amide bonds. The number of nitrogens with two attached hydrogens (primary N) is 1. The molecule has 2 aromatic heterocycles. The Bertz CT molecular complexity index is 821. The highest BCUT2D eigenvalue weighted by molar-refractivity contribution is 7.17. The summed E-state index contributed by atoms with van der Waals surface area (Å²) in [5, 5.41) is 3.13. The topological polar surface area (TPSA) is 51.8 Å². The Morgan fingerprint density at radius 3 is 2.57 bits per heavy atom. The monoisotopic (exact) mass is 295 g/mol. The summed E-state index contributed by atoms with van der Waals surface area (Å²) < 4.78 is 0. The smallest absolute Gasteiger partial charge is 0.136 e. The zero-order valence-electron chi connectivity index (χ0n) is 12.1. The van der Waals surface area contributed by atoms with E-state index in [2.05, 4.69) is 36.3 Å². The highest BCUT2D eigenvalue weighted by atomic mass is 32.1. The number of nitrogen functional groups attached to an aromatic ring is 1. The lowest BCUT2D eigenvalue weighted by Crippen LogP contribution is -2.01. The molecule has 1 aromatic carbocycles. The van der Waals surface area contributed by atoms with E-state index in [0.717, 1.165) is 28.0 Å². The van der Waals surface area contributed by atoms with Gasteiger partial charge in [0.15, 0.2) is 0 Å². The summed E-state index contributed by atoms with van der Waals surface area (Å²) in [6, 6.07) is 10.3. The first-order chi connectivity index (χ1) is 10.1. The van der Waals surface area contributed by atoms with Gasteiger partial charge in [0.05, 0.1) is 5.39 Å². The maximum absolute atomic E-state index is 6.25. The Kier molecular flexibility index (Phi) is 2.60. The Morgan fingerprint density at radius 1 is 1.19 bits per heavy atom. The van der Waals surface area contributed by atoms with Gasteiger partial charge in [0.2, 0.25) is 0 Å². The van der Waals surface area contributed by atoms with Crippen LogP contribution in [0.1, 0.15) is 32.0 Å². The van der Waals surface area contributed by atoms with Crippen molar-refractivity contribution in [3.63, 3.8) is 0 Å². The summed E-state index contributed by atoms with van der Waals surface area (Å²) in [5.41, 5.74) is 8.87. The van der Waals surface area contributed by atoms with Crippen molar-refractivity contribution < 1.29 is 0 Å². The largest absolute Gasteiger partial charge is 0.383 e. The molecule has 1 saturated carbocycles. The van der Waals surface area contributed by atoms with Crippen LogP contribution < -0.4 is 5.73 Å². The Labute approximate surface area is 127 Å². The average molecular weight is 295 g/mol. The van der Waals surface area contributed by atoms with Crippen LogP contribution in [0.3, 0.4) is 0 Å². The van der Waals surface area contributed by atoms with E-state index in [1.54, 1.807) is 11.3 Å². The molecular formula is C17H17N3S. The van der Waals surface area contributed by atoms with Crippen LogP contribution in [0.25, 0.3) is 21.3 Å². The highest BCUT2D eigenvalue weighted by Crippen LogP contribution is 2.58. The SMILES string of the molecule is CC1(C)CC1c1nc(N)c2c(-c3ccccc3)csc2n1. The van der Waals surface area contributed by atoms with Gasteiger partial charge in [0, 0.05) is 16.9 Å². The van der Waals surface area contributed by atoms with Crippen molar-refractivity contribution in [2.45, 2.75) is 26.2 Å². The third kappa shape index (κ3) is 2.02. The van der Waals surface area contributed by atoms with E-state index in [-0.39, 0.29) is 0 Å². The molecule has 1 unspecified atom stereocenters. The first-order valence-corrected chi connectivity index (χ1v) is 8.04. The minimum absolute atomic E-state index is 0.319. The van der Waals surface area contributed by atoms with Crippen LogP contribution in [0.15, 0.2) is 35.7 Å². The fourth-order valence-electron chi connectivity index (χ4n) is 2.88. The molecule has 0 saturated heterocycles. The number of aromatic nitrogens is 2. The predicted molar refractivity (Wildman–Crippen MR) is 88.4 cm³/mol. The number of thiophene rings is 1. The van der Waals surface area contributed by atoms with Gasteiger partial charge < -0.3 is 5.73 Å². The van der Waals surface area contributed by atoms with Crippen molar-refractivity contribution >= 4 is 27.4 Å². The van der Waals surface area contributed by atoms with E-state index in [1.807, 2.05) is 18.2 Å². The summed E-state index contributed by atoms with van der Waals surface area (Å²) in [7, 11) is 0. The molecule has 1 aliphatic rings. The van der Waals surface area contributed by atoms with Crippen LogP contribution >= 0.6 is 11.3 Å². The maximum atomic E-state index is 6.25. The minimum Gasteiger partial charge on any atom is -0.383 e. The third-order valence-corrected chi connectivity index (χ3v) is 5.26. The molecule has 0 bridgehead atoms. The van der Waals surface area contributed by atoms with Crippen molar-refractivity contribution in [1.82, 2.24) is 9.97 Å². The molecule has 106 valence electrons. The van der Waals surface area contributed by atoms with Gasteiger partial charge in [-0.25, -0.2) is 9.97 Å². The second-order valence-corrected chi connectivity index (χ2v) is 7.27. The summed E-state index contributed by atoms with van der Waals surface area (Å²) in [4.78, 5) is 10.4. The van der Waals surface area contributed by atoms with Crippen molar-refractivity contribution in [3.8, 4) is 11.1 Å². The van der Waals surface area contributed by atoms with Gasteiger partial charge in [-0.3, -0.25) is 0 Å². The minimum atomic E-state index is 0.319. The molecule has 2 N–H and O–H groups in total. The summed E-state index contributed by atoms with van der Waals surface area (Å²) in [6.45, 7) is 4.51. The molecule has 2 heterocycles. The summed E-state index contributed by atoms with van der Waals surface area (Å²) >= 11 is 1.65. The second-order valence-electron chi connectivity index (χ2n) is 6.41. The van der Waals surface area contributed by atoms with Gasteiger partial charge in [-0.1, -0.05) is 44.2 Å². The number of nitrogens with zero attached hydrogens (tertiary/aromatic N) is 2. The van der Waals surface area contributed by atoms with E-state index in [1.165, 1.54) is 5.56 Å². The Hall–Kier alpha value is -1.94. The lowest BCUT2D eigenvalue weighted by atomic mass is 10.1. The van der Waals surface area contributed by atoms with Crippen molar-refractivity contribution in [1.29, 1.82) is 0 Å². The second kappa shape index (κ2) is 4.28. The van der Waals surface area contributed by atoms with E-state index >= 15 is 0 Å². The molecule has 3 nitrogen and oxygen atoms in total. The van der Waals surface area contributed by atoms with Crippen LogP contribution in [-0.4, -0.2) is 9.97 Å². The lowest BCUT2D eigenvalue weighted by Gasteiger charge is -2.06. The molecule has 21 heavy (non-hydrogen) atoms. The van der Waals surface area contributed by atoms with Gasteiger partial charge in [0.25, 0.3) is 0 Å². The number of anilines is 1. The standard InChI is InChI=1S/C17H17N3S/c1-17(2)8-12(17)15-19-14(18)13-11(9-21-16(13)20-15)10-6-4-3-5-7-10/h3-7,9,12H,8H2,1-2H3,(H2,18,19,20). The molecule has 4 rings (SSSR count). The van der Waals surface area contributed by atoms with Crippen LogP contribution in [0, 0.1) is 5.41 Å². The highest BCUT2D eigenvalue weighted by Gasteiger charge is 2.48. The molecular weight excluding hydrogens is 278 g/mol. The van der Waals surface area contributed by atoms with E-state index < -0.39 is 0 Å². The van der Waals surface area contributed by atoms with Gasteiger partial charge in [-0.2, -0.15) is 0 Å². The van der Waals surface area contributed by atoms with Crippen LogP contribution in [0.2, 0.25) is 0 Å². The van der Waals surface area contributed by atoms with Crippen LogP contribution in [0.5, 0.6) is 0 Å². The molecule has 0 radical (unpaired) electrons. The third-order valence-electron chi connectivity index (χ3n) is 4.39. The first kappa shape index (κ1) is 12.8. The fourth-order valence-corrected chi connectivity index (χ4v) is 3.84. The summed E-state index contributed by atoms with van der Waals surface area (Å²) in [6.07, 6.45) is 1.15. The zero-order chi connectivity index (χ0) is 14.6. The first-order valence-electron chi connectivity index (χ1n) is 7.16. The van der Waals surface area contributed by atoms with Crippen molar-refractivity contribution in [2.75, 3.05) is 5.73 Å². The van der Waals surface area contributed by atoms with E-state index in [0.29, 0.717) is 17.2 Å². The Balaban J connectivity index is 1.87. The lowest BCUT2D eigenvalue weighted by molar-refractivity contribution is 0.610. The molecule has 1 fully saturated rings. The van der Waals surface area contributed by atoms with E-state index in [4.69, 9.17) is 10.7 Å². The molecule has 0 aliphatic heterocycles. The van der Waals surface area contributed by atoms with Crippen molar-refractivity contribution in [2.24, 2.45) is 5.41 Å². The van der Waals surface area contributed by atoms with E-state index in [9.17, 15) is 0 Å². The fraction of sp³-hybridized carbons (Fsp3) is 0.294. The maximum Gasteiger partial charge on any atom is 0.136 e. The number of hydrogen-bond donors (Lipinski definition) is 1. The predicted octanol–water partition coefficient (Wildman–Crippen LogP) is 4.45. The van der Waals surface area contributed by atoms with Crippen molar-refractivity contribution in [3.05, 3.63) is 41.5 Å². The molecule has 3 aromatic rings. The van der Waals surface area contributed by atoms with Crippen LogP contribution in [-0.2, 0) is 0 Å². The number of hydrogen-bond acceptors (Lipinski definition) is 4. The normalized spacial score (nSPS) is 19.8. The Morgan fingerprint density at radius 2 is 1.90 bits per heavy atom. The van der Waals surface area contributed by atoms with Gasteiger partial charge >= 0.3 is 0 Å². The average Bonchev–Trinajstić information content (AvgIpc) is 2.92. The molecule has 0 spiro atoms. The van der Waals surface area contributed by atoms with Crippen LogP contribution in [0.4, 0.5) is 5.82 Å². The zero-order valence-corrected chi connectivity index (χ0v) is 12.9. The quantitative estimate of drug-likeness (QED) is 0.759. The van der Waals surface area contributed by atoms with Gasteiger partial charge in [-0.15, -0.1) is 11.3 Å². The van der Waals surface area contributed by atoms with Gasteiger partial charge in [0.1, 0.15) is 16.5 Å². The molecule has 1 atom stereocenters. The number of benzene rings is 1. The summed E-state index contributed by atoms with van der Waals surface area (Å²) in [5.74, 6) is 1.97. The van der Waals surface area contributed by atoms with Gasteiger partial charge in [-0.05, 0) is 17.4 Å². The number of fused-ring (bicyclic) bond motifs is 1. The molecule has 4 heteroatoms. The number of rotatable bonds is 2. The molecule has 1 aliphatic carbocycles.